The highest BCUT2D eigenvalue weighted by Crippen LogP contribution is 2.37. The third-order valence-corrected chi connectivity index (χ3v) is 8.44. The van der Waals surface area contributed by atoms with Crippen molar-refractivity contribution in [1.82, 2.24) is 14.8 Å². The van der Waals surface area contributed by atoms with Crippen molar-refractivity contribution in [1.29, 1.82) is 0 Å². The van der Waals surface area contributed by atoms with Crippen LogP contribution in [0.2, 0.25) is 0 Å². The molecule has 3 aliphatic rings. The molecule has 0 saturated carbocycles. The number of ether oxygens (including phenoxy) is 2. The van der Waals surface area contributed by atoms with Crippen LogP contribution in [0.15, 0.2) is 66.7 Å². The number of likely N-dealkylation sites (tertiary alicyclic amines) is 2. The number of nitrogens with zero attached hydrogens (tertiary/aromatic N) is 3. The Hall–Kier alpha value is -4.17. The highest BCUT2D eigenvalue weighted by atomic mass is 19.1. The number of nitrogens with one attached hydrogen (secondary N) is 1. The lowest BCUT2D eigenvalue weighted by atomic mass is 9.99. The van der Waals surface area contributed by atoms with Crippen LogP contribution in [-0.4, -0.2) is 59.7 Å². The second kappa shape index (κ2) is 11.0. The monoisotopic (exact) mass is 552 g/mol. The molecular weight excluding hydrogens is 519 g/mol. The zero-order valence-electron chi connectivity index (χ0n) is 22.9. The van der Waals surface area contributed by atoms with E-state index in [1.165, 1.54) is 25.0 Å². The minimum Gasteiger partial charge on any atom is -0.454 e. The van der Waals surface area contributed by atoms with E-state index in [9.17, 15) is 9.18 Å². The molecule has 4 heterocycles. The van der Waals surface area contributed by atoms with E-state index < -0.39 is 0 Å². The van der Waals surface area contributed by atoms with Crippen molar-refractivity contribution in [3.8, 4) is 22.6 Å². The summed E-state index contributed by atoms with van der Waals surface area (Å²) in [6.45, 7) is 4.64. The van der Waals surface area contributed by atoms with Crippen LogP contribution in [0.5, 0.6) is 11.5 Å². The Morgan fingerprint density at radius 3 is 2.54 bits per heavy atom. The molecule has 2 saturated heterocycles. The van der Waals surface area contributed by atoms with Gasteiger partial charge in [-0.2, -0.15) is 0 Å². The van der Waals surface area contributed by atoms with Crippen LogP contribution in [-0.2, 0) is 6.54 Å². The number of fused-ring (bicyclic) bond motifs is 2. The molecule has 7 nitrogen and oxygen atoms in total. The van der Waals surface area contributed by atoms with Crippen molar-refractivity contribution in [2.24, 2.45) is 0 Å². The number of hydrogen-bond donors (Lipinski definition) is 1. The minimum atomic E-state index is -0.266. The van der Waals surface area contributed by atoms with Crippen molar-refractivity contribution in [2.45, 2.75) is 38.3 Å². The van der Waals surface area contributed by atoms with Crippen LogP contribution in [0.25, 0.3) is 22.0 Å². The van der Waals surface area contributed by atoms with Gasteiger partial charge in [0.2, 0.25) is 6.79 Å². The molecule has 2 fully saturated rings. The van der Waals surface area contributed by atoms with Crippen LogP contribution in [0.4, 0.5) is 10.2 Å². The van der Waals surface area contributed by atoms with Crippen LogP contribution >= 0.6 is 0 Å². The van der Waals surface area contributed by atoms with E-state index in [0.717, 1.165) is 78.1 Å². The zero-order valence-corrected chi connectivity index (χ0v) is 22.9. The molecule has 3 aliphatic heterocycles. The standard InChI is InChI=1S/C33H33FN4O3/c34-25-9-5-22(6-10-25)19-35-32-18-28(33(39)38-15-3-4-26(38)20-37-13-1-2-14-37)27-16-23(7-11-29(27)36-32)24-8-12-30-31(17-24)41-21-40-30/h5-12,16-18,26H,1-4,13-15,19-21H2,(H,35,36)/t26-/m0/s1. The van der Waals surface area contributed by atoms with Gasteiger partial charge in [-0.15, -0.1) is 0 Å². The fraction of sp³-hybridized carbons (Fsp3) is 0.333. The number of anilines is 1. The average molecular weight is 553 g/mol. The second-order valence-electron chi connectivity index (χ2n) is 11.1. The van der Waals surface area contributed by atoms with Gasteiger partial charge in [-0.3, -0.25) is 4.79 Å². The molecule has 0 aliphatic carbocycles. The van der Waals surface area contributed by atoms with Gasteiger partial charge in [0.05, 0.1) is 11.1 Å². The average Bonchev–Trinajstić information content (AvgIpc) is 3.78. The van der Waals surface area contributed by atoms with Crippen molar-refractivity contribution in [2.75, 3.05) is 38.3 Å². The van der Waals surface area contributed by atoms with Gasteiger partial charge in [0, 0.05) is 31.1 Å². The Morgan fingerprint density at radius 2 is 1.68 bits per heavy atom. The number of pyridine rings is 1. The van der Waals surface area contributed by atoms with Crippen molar-refractivity contribution >= 4 is 22.6 Å². The predicted molar refractivity (Wildman–Crippen MR) is 157 cm³/mol. The van der Waals surface area contributed by atoms with E-state index in [1.54, 1.807) is 12.1 Å². The van der Waals surface area contributed by atoms with Gasteiger partial charge in [-0.05, 0) is 97.9 Å². The van der Waals surface area contributed by atoms with Gasteiger partial charge in [0.1, 0.15) is 11.6 Å². The van der Waals surface area contributed by atoms with Crippen molar-refractivity contribution in [3.05, 3.63) is 83.7 Å². The van der Waals surface area contributed by atoms with E-state index in [-0.39, 0.29) is 24.6 Å². The van der Waals surface area contributed by atoms with E-state index >= 15 is 0 Å². The number of amides is 1. The molecule has 1 amide bonds. The van der Waals surface area contributed by atoms with Crippen molar-refractivity contribution in [3.63, 3.8) is 0 Å². The summed E-state index contributed by atoms with van der Waals surface area (Å²) in [5.74, 6) is 1.86. The summed E-state index contributed by atoms with van der Waals surface area (Å²) in [7, 11) is 0. The fourth-order valence-corrected chi connectivity index (χ4v) is 6.25. The third kappa shape index (κ3) is 5.32. The number of benzene rings is 3. The SMILES string of the molecule is O=C(c1cc(NCc2ccc(F)cc2)nc2ccc(-c3ccc4c(c3)OCO4)cc12)N1CCC[C@H]1CN1CCCC1. The summed E-state index contributed by atoms with van der Waals surface area (Å²) in [5, 5.41) is 4.18. The molecular formula is C33H33FN4O3. The molecule has 210 valence electrons. The first-order chi connectivity index (χ1) is 20.1. The fourth-order valence-electron chi connectivity index (χ4n) is 6.25. The Bertz CT molecular complexity index is 1590. The maximum atomic E-state index is 14.3. The summed E-state index contributed by atoms with van der Waals surface area (Å²) >= 11 is 0. The Kier molecular flexibility index (Phi) is 6.92. The van der Waals surface area contributed by atoms with Crippen LogP contribution in [0.1, 0.15) is 41.6 Å². The molecule has 0 unspecified atom stereocenters. The van der Waals surface area contributed by atoms with E-state index in [4.69, 9.17) is 14.5 Å². The minimum absolute atomic E-state index is 0.0479. The van der Waals surface area contributed by atoms with Gasteiger partial charge in [-0.25, -0.2) is 9.37 Å². The van der Waals surface area contributed by atoms with E-state index in [1.807, 2.05) is 36.4 Å². The van der Waals surface area contributed by atoms with E-state index in [0.29, 0.717) is 17.9 Å². The summed E-state index contributed by atoms with van der Waals surface area (Å²) in [5.41, 5.74) is 4.30. The first kappa shape index (κ1) is 25.8. The van der Waals surface area contributed by atoms with Crippen LogP contribution < -0.4 is 14.8 Å². The highest BCUT2D eigenvalue weighted by Gasteiger charge is 2.32. The summed E-state index contributed by atoms with van der Waals surface area (Å²) in [6, 6.07) is 20.5. The van der Waals surface area contributed by atoms with Crippen LogP contribution in [0, 0.1) is 5.82 Å². The molecule has 4 aromatic rings. The predicted octanol–water partition coefficient (Wildman–Crippen LogP) is 6.08. The van der Waals surface area contributed by atoms with Crippen LogP contribution in [0.3, 0.4) is 0 Å². The summed E-state index contributed by atoms with van der Waals surface area (Å²) in [6.07, 6.45) is 4.53. The molecule has 1 aromatic heterocycles. The zero-order chi connectivity index (χ0) is 27.8. The van der Waals surface area contributed by atoms with Gasteiger partial charge in [0.15, 0.2) is 11.5 Å². The van der Waals surface area contributed by atoms with Gasteiger partial charge >= 0.3 is 0 Å². The number of carbonyl (C=O) groups excluding carboxylic acids is 1. The number of carbonyl (C=O) groups is 1. The topological polar surface area (TPSA) is 66.9 Å². The lowest BCUT2D eigenvalue weighted by Crippen LogP contribution is -2.42. The maximum Gasteiger partial charge on any atom is 0.254 e. The molecule has 3 aromatic carbocycles. The first-order valence-corrected chi connectivity index (χ1v) is 14.5. The number of hydrogen-bond acceptors (Lipinski definition) is 6. The molecule has 7 rings (SSSR count). The molecule has 8 heteroatoms. The lowest BCUT2D eigenvalue weighted by Gasteiger charge is -2.29. The molecule has 0 radical (unpaired) electrons. The Balaban J connectivity index is 1.24. The molecule has 41 heavy (non-hydrogen) atoms. The summed E-state index contributed by atoms with van der Waals surface area (Å²) < 4.78 is 24.5. The summed E-state index contributed by atoms with van der Waals surface area (Å²) in [4.78, 5) is 23.7. The largest absolute Gasteiger partial charge is 0.454 e. The third-order valence-electron chi connectivity index (χ3n) is 8.44. The Labute approximate surface area is 238 Å². The number of aromatic nitrogens is 1. The highest BCUT2D eigenvalue weighted by molar-refractivity contribution is 6.08. The molecule has 0 spiro atoms. The second-order valence-corrected chi connectivity index (χ2v) is 11.1. The normalized spacial score (nSPS) is 18.4. The van der Waals surface area contributed by atoms with Gasteiger partial charge in [0.25, 0.3) is 5.91 Å². The van der Waals surface area contributed by atoms with Crippen molar-refractivity contribution < 1.29 is 18.7 Å². The Morgan fingerprint density at radius 1 is 0.902 bits per heavy atom. The first-order valence-electron chi connectivity index (χ1n) is 14.5. The maximum absolute atomic E-state index is 14.3. The quantitative estimate of drug-likeness (QED) is 0.300. The van der Waals surface area contributed by atoms with Gasteiger partial charge < -0.3 is 24.6 Å². The van der Waals surface area contributed by atoms with E-state index in [2.05, 4.69) is 21.2 Å². The number of rotatable bonds is 7. The van der Waals surface area contributed by atoms with Gasteiger partial charge in [-0.1, -0.05) is 24.3 Å². The smallest absolute Gasteiger partial charge is 0.254 e. The lowest BCUT2D eigenvalue weighted by molar-refractivity contribution is 0.0710. The molecule has 1 atom stereocenters. The number of halogens is 1. The molecule has 0 bridgehead atoms. The molecule has 1 N–H and O–H groups in total.